The summed E-state index contributed by atoms with van der Waals surface area (Å²) in [6, 6.07) is -1.39. The first-order valence-electron chi connectivity index (χ1n) is 8.00. The van der Waals surface area contributed by atoms with Crippen LogP contribution in [-0.4, -0.2) is 78.2 Å². The maximum atomic E-state index is 12.8. The van der Waals surface area contributed by atoms with E-state index in [4.69, 9.17) is 0 Å². The molecule has 1 atom stereocenters. The van der Waals surface area contributed by atoms with E-state index in [1.54, 1.807) is 11.8 Å². The first kappa shape index (κ1) is 20.4. The van der Waals surface area contributed by atoms with Crippen molar-refractivity contribution in [2.24, 2.45) is 4.99 Å². The van der Waals surface area contributed by atoms with Crippen molar-refractivity contribution in [1.82, 2.24) is 15.1 Å². The number of rotatable bonds is 5. The van der Waals surface area contributed by atoms with Crippen molar-refractivity contribution in [1.29, 1.82) is 0 Å². The lowest BCUT2D eigenvalue weighted by Gasteiger charge is -2.39. The summed E-state index contributed by atoms with van der Waals surface area (Å²) in [5.74, 6) is 0.800. The Labute approximate surface area is 141 Å². The number of halogens is 3. The molecule has 136 valence electrons. The van der Waals surface area contributed by atoms with Gasteiger partial charge in [-0.25, -0.2) is 0 Å². The molecule has 0 aromatic carbocycles. The molecule has 1 saturated heterocycles. The smallest absolute Gasteiger partial charge is 0.357 e. The van der Waals surface area contributed by atoms with Crippen molar-refractivity contribution in [2.45, 2.75) is 44.7 Å². The lowest BCUT2D eigenvalue weighted by molar-refractivity contribution is -0.181. The van der Waals surface area contributed by atoms with Crippen LogP contribution in [0.3, 0.4) is 0 Å². The highest BCUT2D eigenvalue weighted by Gasteiger charge is 2.41. The molecule has 1 fully saturated rings. The molecule has 1 N–H and O–H groups in total. The summed E-state index contributed by atoms with van der Waals surface area (Å²) in [5, 5.41) is 3.25. The van der Waals surface area contributed by atoms with Crippen LogP contribution in [0.2, 0.25) is 0 Å². The second-order valence-corrected chi connectivity index (χ2v) is 7.89. The monoisotopic (exact) mass is 354 g/mol. The Balaban J connectivity index is 2.65. The zero-order valence-corrected chi connectivity index (χ0v) is 15.5. The summed E-state index contributed by atoms with van der Waals surface area (Å²) in [6.45, 7) is 10.8. The molecule has 0 amide bonds. The van der Waals surface area contributed by atoms with E-state index in [0.717, 1.165) is 12.5 Å². The van der Waals surface area contributed by atoms with Crippen LogP contribution in [0.5, 0.6) is 0 Å². The third-order valence-corrected chi connectivity index (χ3v) is 5.37. The third kappa shape index (κ3) is 6.41. The van der Waals surface area contributed by atoms with Crippen molar-refractivity contribution in [3.63, 3.8) is 0 Å². The van der Waals surface area contributed by atoms with Crippen molar-refractivity contribution in [2.75, 3.05) is 45.5 Å². The number of nitrogens with one attached hydrogen (secondary N) is 1. The number of thioether (sulfide) groups is 1. The predicted octanol–water partition coefficient (Wildman–Crippen LogP) is 2.66. The average molecular weight is 354 g/mol. The van der Waals surface area contributed by atoms with E-state index < -0.39 is 12.2 Å². The normalized spacial score (nSPS) is 19.8. The summed E-state index contributed by atoms with van der Waals surface area (Å²) in [7, 11) is 0. The van der Waals surface area contributed by atoms with Crippen LogP contribution in [0.1, 0.15) is 27.7 Å². The number of alkyl halides is 3. The van der Waals surface area contributed by atoms with Crippen molar-refractivity contribution >= 4 is 17.7 Å². The lowest BCUT2D eigenvalue weighted by Crippen LogP contribution is -2.56. The fourth-order valence-electron chi connectivity index (χ4n) is 2.28. The van der Waals surface area contributed by atoms with Gasteiger partial charge in [0.15, 0.2) is 5.96 Å². The van der Waals surface area contributed by atoms with E-state index in [1.165, 1.54) is 11.8 Å². The van der Waals surface area contributed by atoms with Gasteiger partial charge in [0.05, 0.1) is 6.54 Å². The molecular formula is C15H29F3N4S. The fraction of sp³-hybridized carbons (Fsp3) is 0.933. The summed E-state index contributed by atoms with van der Waals surface area (Å²) in [4.78, 5) is 8.22. The second-order valence-electron chi connectivity index (χ2n) is 6.37. The van der Waals surface area contributed by atoms with E-state index in [2.05, 4.69) is 35.3 Å². The molecule has 0 aromatic heterocycles. The molecular weight excluding hydrogens is 325 g/mol. The van der Waals surface area contributed by atoms with Gasteiger partial charge in [0.2, 0.25) is 0 Å². The molecule has 4 nitrogen and oxygen atoms in total. The number of nitrogens with zero attached hydrogens (tertiary/aromatic N) is 3. The number of piperazine rings is 1. The fourth-order valence-corrected chi connectivity index (χ4v) is 2.48. The van der Waals surface area contributed by atoms with Gasteiger partial charge in [-0.05, 0) is 34.0 Å². The van der Waals surface area contributed by atoms with Gasteiger partial charge in [0.25, 0.3) is 0 Å². The predicted molar refractivity (Wildman–Crippen MR) is 92.2 cm³/mol. The Hall–Kier alpha value is -0.630. The molecule has 0 saturated carbocycles. The van der Waals surface area contributed by atoms with Gasteiger partial charge in [-0.2, -0.15) is 24.9 Å². The first-order valence-corrected chi connectivity index (χ1v) is 9.22. The topological polar surface area (TPSA) is 30.9 Å². The van der Waals surface area contributed by atoms with E-state index >= 15 is 0 Å². The number of aliphatic imine (C=N–C) groups is 1. The Morgan fingerprint density at radius 2 is 1.78 bits per heavy atom. The van der Waals surface area contributed by atoms with Crippen molar-refractivity contribution in [3.05, 3.63) is 0 Å². The van der Waals surface area contributed by atoms with Crippen LogP contribution < -0.4 is 5.32 Å². The largest absolute Gasteiger partial charge is 0.403 e. The van der Waals surface area contributed by atoms with Crippen molar-refractivity contribution in [3.8, 4) is 0 Å². The zero-order valence-electron chi connectivity index (χ0n) is 14.7. The molecule has 0 aliphatic carbocycles. The van der Waals surface area contributed by atoms with Crippen LogP contribution in [0.15, 0.2) is 4.99 Å². The highest BCUT2D eigenvalue weighted by molar-refractivity contribution is 7.99. The minimum atomic E-state index is -4.16. The minimum absolute atomic E-state index is 0.0489. The number of hydrogen-bond acceptors (Lipinski definition) is 3. The van der Waals surface area contributed by atoms with E-state index in [9.17, 15) is 13.2 Å². The molecule has 23 heavy (non-hydrogen) atoms. The Morgan fingerprint density at radius 1 is 1.22 bits per heavy atom. The molecule has 1 heterocycles. The molecule has 0 radical (unpaired) electrons. The molecule has 1 aliphatic heterocycles. The van der Waals surface area contributed by atoms with Gasteiger partial charge < -0.3 is 10.2 Å². The zero-order chi connectivity index (χ0) is 17.7. The van der Waals surface area contributed by atoms with Gasteiger partial charge in [0.1, 0.15) is 6.04 Å². The van der Waals surface area contributed by atoms with Crippen LogP contribution >= 0.6 is 11.8 Å². The second kappa shape index (κ2) is 8.46. The lowest BCUT2D eigenvalue weighted by atomic mass is 10.2. The van der Waals surface area contributed by atoms with Crippen LogP contribution in [-0.2, 0) is 0 Å². The van der Waals surface area contributed by atoms with Crippen molar-refractivity contribution < 1.29 is 13.2 Å². The Morgan fingerprint density at radius 3 is 2.22 bits per heavy atom. The number of hydrogen-bond donors (Lipinski definition) is 1. The van der Waals surface area contributed by atoms with Crippen LogP contribution in [0.4, 0.5) is 13.2 Å². The van der Waals surface area contributed by atoms with E-state index in [1.807, 2.05) is 6.92 Å². The first-order chi connectivity index (χ1) is 10.6. The maximum absolute atomic E-state index is 12.8. The van der Waals surface area contributed by atoms with E-state index in [0.29, 0.717) is 32.7 Å². The Kier molecular flexibility index (Phi) is 7.51. The van der Waals surface area contributed by atoms with Crippen LogP contribution in [0.25, 0.3) is 0 Å². The third-order valence-electron chi connectivity index (χ3n) is 4.13. The molecule has 0 bridgehead atoms. The molecule has 8 heteroatoms. The summed E-state index contributed by atoms with van der Waals surface area (Å²) in [6.07, 6.45) is -2.11. The minimum Gasteiger partial charge on any atom is -0.357 e. The van der Waals surface area contributed by atoms with E-state index in [-0.39, 0.29) is 4.75 Å². The highest BCUT2D eigenvalue weighted by Crippen LogP contribution is 2.25. The standard InChI is InChI=1S/C15H29F3N4S/c1-6-19-13(20-11-14(3,4)23-5)22-9-7-21(8-10-22)12(2)15(16,17)18/h12H,6-11H2,1-5H3,(H,19,20). The van der Waals surface area contributed by atoms with Gasteiger partial charge in [0, 0.05) is 37.5 Å². The molecule has 1 aliphatic rings. The average Bonchev–Trinajstić information content (AvgIpc) is 2.50. The highest BCUT2D eigenvalue weighted by atomic mass is 32.2. The SMILES string of the molecule is CCNC(=NCC(C)(C)SC)N1CCN(C(C)C(F)(F)F)CC1. The Bertz CT molecular complexity index is 391. The van der Waals surface area contributed by atoms with Gasteiger partial charge >= 0.3 is 6.18 Å². The molecule has 0 spiro atoms. The number of guanidine groups is 1. The molecule has 0 aromatic rings. The maximum Gasteiger partial charge on any atom is 0.403 e. The van der Waals surface area contributed by atoms with Gasteiger partial charge in [-0.3, -0.25) is 9.89 Å². The summed E-state index contributed by atoms with van der Waals surface area (Å²) >= 11 is 1.75. The quantitative estimate of drug-likeness (QED) is 0.607. The summed E-state index contributed by atoms with van der Waals surface area (Å²) < 4.78 is 38.5. The van der Waals surface area contributed by atoms with Gasteiger partial charge in [-0.1, -0.05) is 0 Å². The van der Waals surface area contributed by atoms with Gasteiger partial charge in [-0.15, -0.1) is 0 Å². The molecule has 1 unspecified atom stereocenters. The summed E-state index contributed by atoms with van der Waals surface area (Å²) in [5.41, 5.74) is 0. The van der Waals surface area contributed by atoms with Crippen LogP contribution in [0, 0.1) is 0 Å². The molecule has 1 rings (SSSR count).